The van der Waals surface area contributed by atoms with E-state index in [-0.39, 0.29) is 18.1 Å². The Bertz CT molecular complexity index is 674. The van der Waals surface area contributed by atoms with E-state index < -0.39 is 5.60 Å². The van der Waals surface area contributed by atoms with Crippen LogP contribution < -0.4 is 0 Å². The largest absolute Gasteiger partial charge is 0.444 e. The van der Waals surface area contributed by atoms with Crippen molar-refractivity contribution in [2.45, 2.75) is 51.2 Å². The molecule has 3 rings (SSSR count). The van der Waals surface area contributed by atoms with Crippen molar-refractivity contribution in [3.05, 3.63) is 29.9 Å². The molecular formula is C17H23BrN4O2. The maximum Gasteiger partial charge on any atom is 0.410 e. The van der Waals surface area contributed by atoms with E-state index in [1.807, 2.05) is 33.0 Å². The van der Waals surface area contributed by atoms with Crippen LogP contribution in [0.4, 0.5) is 4.79 Å². The van der Waals surface area contributed by atoms with E-state index in [0.717, 1.165) is 29.0 Å². The number of carbonyl (C=O) groups is 1. The number of allylic oxidation sites excluding steroid dienone is 1. The van der Waals surface area contributed by atoms with Crippen LogP contribution >= 0.6 is 15.9 Å². The van der Waals surface area contributed by atoms with E-state index in [0.29, 0.717) is 13.1 Å². The summed E-state index contributed by atoms with van der Waals surface area (Å²) in [6, 6.07) is -0.0450. The highest BCUT2D eigenvalue weighted by atomic mass is 79.9. The van der Waals surface area contributed by atoms with Crippen LogP contribution in [0.1, 0.15) is 57.1 Å². The van der Waals surface area contributed by atoms with Gasteiger partial charge in [0.2, 0.25) is 0 Å². The number of hydrogen-bond donors (Lipinski definition) is 1. The van der Waals surface area contributed by atoms with Crippen molar-refractivity contribution < 1.29 is 9.53 Å². The highest BCUT2D eigenvalue weighted by Gasteiger charge is 2.35. The summed E-state index contributed by atoms with van der Waals surface area (Å²) in [6.45, 7) is 7.05. The number of ether oxygens (including phenoxy) is 1. The number of carbonyl (C=O) groups excluding carboxylic acids is 1. The zero-order chi connectivity index (χ0) is 17.3. The summed E-state index contributed by atoms with van der Waals surface area (Å²) >= 11 is 3.37. The zero-order valence-electron chi connectivity index (χ0n) is 14.3. The Morgan fingerprint density at radius 1 is 1.46 bits per heavy atom. The number of imidazole rings is 1. The van der Waals surface area contributed by atoms with Gasteiger partial charge in [-0.15, -0.1) is 0 Å². The normalized spacial score (nSPS) is 24.2. The highest BCUT2D eigenvalue weighted by molar-refractivity contribution is 9.18. The molecule has 24 heavy (non-hydrogen) atoms. The second-order valence-electron chi connectivity index (χ2n) is 7.18. The van der Waals surface area contributed by atoms with Gasteiger partial charge in [0.05, 0.1) is 17.2 Å². The molecule has 0 saturated carbocycles. The number of rotatable bonds is 2. The molecule has 0 radical (unpaired) electrons. The first kappa shape index (κ1) is 17.2. The maximum atomic E-state index is 12.4. The number of aliphatic imine (C=N–C) groups is 1. The van der Waals surface area contributed by atoms with Crippen molar-refractivity contribution in [1.82, 2.24) is 14.9 Å². The van der Waals surface area contributed by atoms with Crippen molar-refractivity contribution in [2.75, 3.05) is 13.1 Å². The van der Waals surface area contributed by atoms with Crippen LogP contribution in [0, 0.1) is 0 Å². The molecule has 0 spiro atoms. The summed E-state index contributed by atoms with van der Waals surface area (Å²) in [5.41, 5.74) is 0.539. The molecular weight excluding hydrogens is 372 g/mol. The fourth-order valence-electron chi connectivity index (χ4n) is 3.00. The van der Waals surface area contributed by atoms with Crippen LogP contribution in [-0.2, 0) is 4.74 Å². The number of aromatic nitrogens is 2. The first-order valence-electron chi connectivity index (χ1n) is 8.26. The van der Waals surface area contributed by atoms with E-state index in [4.69, 9.17) is 4.74 Å². The second kappa shape index (κ2) is 6.70. The summed E-state index contributed by atoms with van der Waals surface area (Å²) in [5, 5.41) is 0. The Morgan fingerprint density at radius 3 is 2.92 bits per heavy atom. The van der Waals surface area contributed by atoms with Gasteiger partial charge in [0.1, 0.15) is 11.4 Å². The van der Waals surface area contributed by atoms with E-state index in [1.165, 1.54) is 0 Å². The third-order valence-corrected chi connectivity index (χ3v) is 4.63. The van der Waals surface area contributed by atoms with Gasteiger partial charge in [0.15, 0.2) is 0 Å². The molecule has 0 bridgehead atoms. The van der Waals surface area contributed by atoms with Crippen molar-refractivity contribution >= 4 is 26.6 Å². The minimum absolute atomic E-state index is 0.0450. The molecule has 2 aliphatic heterocycles. The Balaban J connectivity index is 1.72. The van der Waals surface area contributed by atoms with E-state index in [2.05, 4.69) is 37.0 Å². The zero-order valence-corrected chi connectivity index (χ0v) is 15.8. The molecule has 2 atom stereocenters. The molecule has 0 aromatic carbocycles. The third-order valence-electron chi connectivity index (χ3n) is 4.12. The van der Waals surface area contributed by atoms with Gasteiger partial charge < -0.3 is 9.72 Å². The number of nitrogens with zero attached hydrogens (tertiary/aromatic N) is 3. The lowest BCUT2D eigenvalue weighted by Crippen LogP contribution is -2.36. The van der Waals surface area contributed by atoms with Crippen molar-refractivity contribution in [3.8, 4) is 0 Å². The van der Waals surface area contributed by atoms with E-state index in [9.17, 15) is 4.79 Å². The summed E-state index contributed by atoms with van der Waals surface area (Å²) < 4.78 is 6.39. The average Bonchev–Trinajstić information content (AvgIpc) is 3.15. The molecule has 1 amide bonds. The van der Waals surface area contributed by atoms with Gasteiger partial charge in [0.25, 0.3) is 0 Å². The molecule has 1 N–H and O–H groups in total. The van der Waals surface area contributed by atoms with Crippen molar-refractivity contribution in [3.63, 3.8) is 0 Å². The molecule has 130 valence electrons. The van der Waals surface area contributed by atoms with Crippen LogP contribution in [0.2, 0.25) is 0 Å². The Morgan fingerprint density at radius 2 is 2.25 bits per heavy atom. The van der Waals surface area contributed by atoms with Crippen LogP contribution in [0.3, 0.4) is 0 Å². The van der Waals surface area contributed by atoms with Crippen molar-refractivity contribution in [1.29, 1.82) is 0 Å². The lowest BCUT2D eigenvalue weighted by molar-refractivity contribution is 0.0218. The molecule has 7 heteroatoms. The fourth-order valence-corrected chi connectivity index (χ4v) is 3.29. The molecule has 3 heterocycles. The van der Waals surface area contributed by atoms with Gasteiger partial charge in [-0.05, 0) is 55.6 Å². The third kappa shape index (κ3) is 3.88. The first-order chi connectivity index (χ1) is 11.3. The monoisotopic (exact) mass is 394 g/mol. The standard InChI is InChI=1S/C17H23BrN4O2/c1-17(2,3)24-16(23)22-8-4-5-13(22)15-20-10-12(21-15)11-6-7-14(18)19-9-11/h6-7,10-11,13H,4-5,8-9H2,1-3H3,(H,20,21)/t11?,13-/m0/s1. The number of aromatic amines is 1. The number of nitrogens with one attached hydrogen (secondary N) is 1. The lowest BCUT2D eigenvalue weighted by Gasteiger charge is -2.27. The minimum atomic E-state index is -0.489. The predicted molar refractivity (Wildman–Crippen MR) is 96.6 cm³/mol. The van der Waals surface area contributed by atoms with Gasteiger partial charge in [-0.3, -0.25) is 9.89 Å². The molecule has 6 nitrogen and oxygen atoms in total. The topological polar surface area (TPSA) is 70.6 Å². The van der Waals surface area contributed by atoms with Crippen LogP contribution in [0.15, 0.2) is 23.3 Å². The quantitative estimate of drug-likeness (QED) is 0.825. The number of dihydropyridines is 1. The van der Waals surface area contributed by atoms with Crippen LogP contribution in [0.25, 0.3) is 0 Å². The summed E-state index contributed by atoms with van der Waals surface area (Å²) in [4.78, 5) is 26.5. The van der Waals surface area contributed by atoms with E-state index in [1.54, 1.807) is 4.90 Å². The summed E-state index contributed by atoms with van der Waals surface area (Å²) in [7, 11) is 0. The molecule has 2 aliphatic rings. The maximum absolute atomic E-state index is 12.4. The van der Waals surface area contributed by atoms with Gasteiger partial charge >= 0.3 is 6.09 Å². The molecule has 1 fully saturated rings. The Labute approximate surface area is 150 Å². The van der Waals surface area contributed by atoms with Crippen LogP contribution in [-0.4, -0.2) is 44.3 Å². The average molecular weight is 395 g/mol. The molecule has 1 unspecified atom stereocenters. The van der Waals surface area contributed by atoms with Gasteiger partial charge in [-0.2, -0.15) is 0 Å². The van der Waals surface area contributed by atoms with Crippen LogP contribution in [0.5, 0.6) is 0 Å². The second-order valence-corrected chi connectivity index (χ2v) is 8.00. The number of likely N-dealkylation sites (tertiary alicyclic amines) is 1. The number of halogens is 1. The minimum Gasteiger partial charge on any atom is -0.444 e. The van der Waals surface area contributed by atoms with Gasteiger partial charge in [-0.1, -0.05) is 6.08 Å². The highest BCUT2D eigenvalue weighted by Crippen LogP contribution is 2.32. The fraction of sp³-hybridized carbons (Fsp3) is 0.588. The number of amides is 1. The van der Waals surface area contributed by atoms with Gasteiger partial charge in [0, 0.05) is 24.4 Å². The molecule has 1 aromatic rings. The number of H-pyrrole nitrogens is 1. The lowest BCUT2D eigenvalue weighted by atomic mass is 10.0. The molecule has 1 aromatic heterocycles. The molecule has 1 saturated heterocycles. The Hall–Kier alpha value is -1.63. The predicted octanol–water partition coefficient (Wildman–Crippen LogP) is 3.93. The SMILES string of the molecule is CC(C)(C)OC(=O)N1CCC[C@H]1c1ncc(C2C=CC(Br)=NC2)[nH]1. The van der Waals surface area contributed by atoms with E-state index >= 15 is 0 Å². The number of hydrogen-bond acceptors (Lipinski definition) is 4. The summed E-state index contributed by atoms with van der Waals surface area (Å²) in [6.07, 6.45) is 7.50. The smallest absolute Gasteiger partial charge is 0.410 e. The van der Waals surface area contributed by atoms with Crippen molar-refractivity contribution in [2.24, 2.45) is 4.99 Å². The molecule has 0 aliphatic carbocycles. The summed E-state index contributed by atoms with van der Waals surface area (Å²) in [5.74, 6) is 1.03. The Kier molecular flexibility index (Phi) is 4.80. The van der Waals surface area contributed by atoms with Gasteiger partial charge in [-0.25, -0.2) is 9.78 Å². The first-order valence-corrected chi connectivity index (χ1v) is 9.05.